The lowest BCUT2D eigenvalue weighted by Gasteiger charge is -2.42. The molecule has 55 heavy (non-hydrogen) atoms. The van der Waals surface area contributed by atoms with Gasteiger partial charge in [0.15, 0.2) is 12.6 Å². The average molecular weight is 791 g/mol. The first-order valence-electron chi connectivity index (χ1n) is 20.9. The summed E-state index contributed by atoms with van der Waals surface area (Å²) in [4.78, 5) is 12.7. The van der Waals surface area contributed by atoms with E-state index in [2.05, 4.69) is 38.2 Å². The summed E-state index contributed by atoms with van der Waals surface area (Å²) in [5, 5.41) is 71.5. The van der Waals surface area contributed by atoms with Crippen molar-refractivity contribution in [1.82, 2.24) is 0 Å². The third-order valence-corrected chi connectivity index (χ3v) is 9.96. The second-order valence-electron chi connectivity index (χ2n) is 14.8. The standard InChI is InChI=1S/C41H74O14/c1-3-5-7-9-10-11-12-13-14-15-16-17-18-19-21-23-25-50-27-30(53-33(43)24-22-20-8-6-4-2)28-51-40-39(49)37(47)35(45)32(55-40)29-52-41-38(48)36(46)34(44)31(26-42)54-41/h10-11,13-14,30-32,34-42,44-49H,3-9,12,15-29H2,1-2H3/b11-10-,14-13-. The third-order valence-electron chi connectivity index (χ3n) is 9.96. The monoisotopic (exact) mass is 791 g/mol. The van der Waals surface area contributed by atoms with Crippen molar-refractivity contribution >= 4 is 5.97 Å². The van der Waals surface area contributed by atoms with Crippen molar-refractivity contribution in [3.8, 4) is 0 Å². The molecule has 2 aliphatic heterocycles. The Kier molecular flexibility index (Phi) is 27.5. The van der Waals surface area contributed by atoms with E-state index in [0.29, 0.717) is 13.0 Å². The Morgan fingerprint density at radius 2 is 1.13 bits per heavy atom. The number of allylic oxidation sites excluding steroid dienone is 4. The molecule has 7 N–H and O–H groups in total. The van der Waals surface area contributed by atoms with Gasteiger partial charge >= 0.3 is 5.97 Å². The number of rotatable bonds is 31. The van der Waals surface area contributed by atoms with Gasteiger partial charge in [0.05, 0.1) is 26.4 Å². The lowest BCUT2D eigenvalue weighted by atomic mass is 9.98. The number of aliphatic hydroxyl groups excluding tert-OH is 7. The van der Waals surface area contributed by atoms with Crippen molar-refractivity contribution in [2.45, 2.75) is 197 Å². The summed E-state index contributed by atoms with van der Waals surface area (Å²) in [7, 11) is 0. The minimum atomic E-state index is -1.70. The number of hydrogen-bond donors (Lipinski definition) is 7. The molecule has 14 nitrogen and oxygen atoms in total. The molecule has 0 aromatic heterocycles. The molecule has 2 aliphatic rings. The molecule has 0 amide bonds. The van der Waals surface area contributed by atoms with Gasteiger partial charge in [-0.1, -0.05) is 102 Å². The van der Waals surface area contributed by atoms with E-state index in [1.165, 1.54) is 38.5 Å². The van der Waals surface area contributed by atoms with E-state index in [4.69, 9.17) is 28.4 Å². The van der Waals surface area contributed by atoms with E-state index in [1.54, 1.807) is 0 Å². The number of carbonyl (C=O) groups excluding carboxylic acids is 1. The van der Waals surface area contributed by atoms with Crippen molar-refractivity contribution in [3.05, 3.63) is 24.3 Å². The zero-order valence-electron chi connectivity index (χ0n) is 33.4. The molecule has 11 atom stereocenters. The maximum absolute atomic E-state index is 12.7. The first-order valence-corrected chi connectivity index (χ1v) is 20.9. The van der Waals surface area contributed by atoms with Gasteiger partial charge in [-0.15, -0.1) is 0 Å². The second-order valence-corrected chi connectivity index (χ2v) is 14.8. The third kappa shape index (κ3) is 20.1. The summed E-state index contributed by atoms with van der Waals surface area (Å²) < 4.78 is 33.9. The number of esters is 1. The fraction of sp³-hybridized carbons (Fsp3) is 0.878. The molecule has 0 aromatic rings. The van der Waals surface area contributed by atoms with Gasteiger partial charge in [0.2, 0.25) is 0 Å². The van der Waals surface area contributed by atoms with Crippen LogP contribution >= 0.6 is 0 Å². The van der Waals surface area contributed by atoms with Crippen LogP contribution in [0.4, 0.5) is 0 Å². The lowest BCUT2D eigenvalue weighted by molar-refractivity contribution is -0.332. The van der Waals surface area contributed by atoms with Gasteiger partial charge in [-0.2, -0.15) is 0 Å². The van der Waals surface area contributed by atoms with Crippen LogP contribution in [0.5, 0.6) is 0 Å². The number of aliphatic hydroxyl groups is 7. The fourth-order valence-corrected chi connectivity index (χ4v) is 6.43. The van der Waals surface area contributed by atoms with Crippen molar-refractivity contribution < 1.29 is 69.0 Å². The Morgan fingerprint density at radius 3 is 1.78 bits per heavy atom. The highest BCUT2D eigenvalue weighted by molar-refractivity contribution is 5.69. The van der Waals surface area contributed by atoms with Crippen molar-refractivity contribution in [2.24, 2.45) is 0 Å². The zero-order chi connectivity index (χ0) is 40.3. The van der Waals surface area contributed by atoms with E-state index in [1.807, 2.05) is 0 Å². The highest BCUT2D eigenvalue weighted by Gasteiger charge is 2.47. The van der Waals surface area contributed by atoms with E-state index in [-0.39, 0.29) is 19.6 Å². The normalized spacial score (nSPS) is 29.3. The first kappa shape index (κ1) is 49.6. The quantitative estimate of drug-likeness (QED) is 0.0303. The summed E-state index contributed by atoms with van der Waals surface area (Å²) in [6, 6.07) is 0. The maximum atomic E-state index is 12.7. The van der Waals surface area contributed by atoms with Gasteiger partial charge in [0.1, 0.15) is 54.9 Å². The molecule has 2 saturated heterocycles. The second kappa shape index (κ2) is 30.5. The molecule has 14 heteroatoms. The summed E-state index contributed by atoms with van der Waals surface area (Å²) in [6.07, 6.45) is 11.6. The van der Waals surface area contributed by atoms with Crippen LogP contribution in [-0.4, -0.2) is 142 Å². The molecule has 0 aromatic carbocycles. The van der Waals surface area contributed by atoms with Crippen molar-refractivity contribution in [2.75, 3.05) is 33.0 Å². The highest BCUT2D eigenvalue weighted by Crippen LogP contribution is 2.26. The van der Waals surface area contributed by atoms with Crippen LogP contribution in [0.3, 0.4) is 0 Å². The number of carbonyl (C=O) groups is 1. The van der Waals surface area contributed by atoms with Gasteiger partial charge < -0.3 is 64.2 Å². The van der Waals surface area contributed by atoms with E-state index >= 15 is 0 Å². The molecule has 2 rings (SSSR count). The Labute approximate surface area is 328 Å². The van der Waals surface area contributed by atoms with Gasteiger partial charge in [-0.3, -0.25) is 4.79 Å². The Bertz CT molecular complexity index is 1010. The molecule has 0 bridgehead atoms. The molecule has 2 fully saturated rings. The predicted octanol–water partition coefficient (Wildman–Crippen LogP) is 3.73. The number of unbranched alkanes of at least 4 members (excludes halogenated alkanes) is 13. The Morgan fingerprint density at radius 1 is 0.600 bits per heavy atom. The molecular weight excluding hydrogens is 716 g/mol. The molecule has 322 valence electrons. The topological polar surface area (TPSA) is 214 Å². The molecule has 0 saturated carbocycles. The SMILES string of the molecule is CCCCC/C=C\C/C=C\CCCCCCCCOCC(COC1OC(COC2OC(CO)C(O)C(O)C2O)C(O)C(O)C1O)OC(=O)CCCCCCC. The van der Waals surface area contributed by atoms with Crippen LogP contribution in [0.2, 0.25) is 0 Å². The van der Waals surface area contributed by atoms with E-state index in [0.717, 1.165) is 64.2 Å². The van der Waals surface area contributed by atoms with Crippen molar-refractivity contribution in [1.29, 1.82) is 0 Å². The fourth-order valence-electron chi connectivity index (χ4n) is 6.43. The van der Waals surface area contributed by atoms with E-state index < -0.39 is 86.7 Å². The smallest absolute Gasteiger partial charge is 0.306 e. The molecular formula is C41H74O14. The molecule has 0 aliphatic carbocycles. The Balaban J connectivity index is 1.78. The molecule has 0 spiro atoms. The van der Waals surface area contributed by atoms with Crippen LogP contribution in [-0.2, 0) is 33.2 Å². The predicted molar refractivity (Wildman–Crippen MR) is 206 cm³/mol. The summed E-state index contributed by atoms with van der Waals surface area (Å²) >= 11 is 0. The van der Waals surface area contributed by atoms with Crippen LogP contribution in [0.1, 0.15) is 129 Å². The largest absolute Gasteiger partial charge is 0.457 e. The van der Waals surface area contributed by atoms with Crippen LogP contribution in [0.25, 0.3) is 0 Å². The first-order chi connectivity index (χ1) is 26.6. The minimum Gasteiger partial charge on any atom is -0.457 e. The van der Waals surface area contributed by atoms with Gasteiger partial charge in [-0.05, 0) is 44.9 Å². The summed E-state index contributed by atoms with van der Waals surface area (Å²) in [5.41, 5.74) is 0. The van der Waals surface area contributed by atoms with Crippen LogP contribution in [0.15, 0.2) is 24.3 Å². The molecule has 0 radical (unpaired) electrons. The minimum absolute atomic E-state index is 0.0550. The summed E-state index contributed by atoms with van der Waals surface area (Å²) in [5.74, 6) is -0.395. The Hall–Kier alpha value is -1.53. The maximum Gasteiger partial charge on any atom is 0.306 e. The zero-order valence-corrected chi connectivity index (χ0v) is 33.4. The number of hydrogen-bond acceptors (Lipinski definition) is 14. The van der Waals surface area contributed by atoms with Gasteiger partial charge in [-0.25, -0.2) is 0 Å². The lowest BCUT2D eigenvalue weighted by Crippen LogP contribution is -2.61. The van der Waals surface area contributed by atoms with Crippen molar-refractivity contribution in [3.63, 3.8) is 0 Å². The molecule has 2 heterocycles. The van der Waals surface area contributed by atoms with E-state index in [9.17, 15) is 40.5 Å². The highest BCUT2D eigenvalue weighted by atomic mass is 16.7. The summed E-state index contributed by atoms with van der Waals surface area (Å²) in [6.45, 7) is 3.51. The van der Waals surface area contributed by atoms with Gasteiger partial charge in [0, 0.05) is 13.0 Å². The van der Waals surface area contributed by atoms with Crippen LogP contribution in [0, 0.1) is 0 Å². The van der Waals surface area contributed by atoms with Crippen LogP contribution < -0.4 is 0 Å². The van der Waals surface area contributed by atoms with Gasteiger partial charge in [0.25, 0.3) is 0 Å². The number of ether oxygens (including phenoxy) is 6. The average Bonchev–Trinajstić information content (AvgIpc) is 3.18. The molecule has 11 unspecified atom stereocenters.